The number of carbonyl (C=O) groups is 2. The van der Waals surface area contributed by atoms with Gasteiger partial charge in [-0.3, -0.25) is 9.59 Å². The molecule has 2 heterocycles. The second-order valence-corrected chi connectivity index (χ2v) is 7.49. The monoisotopic (exact) mass is 366 g/mol. The zero-order valence-electron chi connectivity index (χ0n) is 15.6. The number of nitrogens with zero attached hydrogens (tertiary/aromatic N) is 2. The first-order valence-electron chi connectivity index (χ1n) is 9.22. The lowest BCUT2D eigenvalue weighted by Crippen LogP contribution is -2.42. The van der Waals surface area contributed by atoms with E-state index in [1.54, 1.807) is 18.4 Å². The Labute approximate surface area is 154 Å². The fourth-order valence-electron chi connectivity index (χ4n) is 3.41. The van der Waals surface area contributed by atoms with E-state index in [1.807, 2.05) is 9.80 Å². The van der Waals surface area contributed by atoms with Crippen LogP contribution in [0.1, 0.15) is 50.0 Å². The van der Waals surface area contributed by atoms with E-state index < -0.39 is 0 Å². The molecule has 1 aliphatic rings. The Kier molecular flexibility index (Phi) is 7.90. The van der Waals surface area contributed by atoms with E-state index >= 15 is 0 Å². The Morgan fingerprint density at radius 3 is 2.76 bits per heavy atom. The lowest BCUT2D eigenvalue weighted by Gasteiger charge is -2.31. The van der Waals surface area contributed by atoms with E-state index in [9.17, 15) is 9.59 Å². The van der Waals surface area contributed by atoms with E-state index in [4.69, 9.17) is 4.74 Å². The zero-order chi connectivity index (χ0) is 18.2. The molecule has 140 valence electrons. The molecule has 0 N–H and O–H groups in total. The van der Waals surface area contributed by atoms with E-state index in [2.05, 4.69) is 25.3 Å². The molecule has 2 rings (SSSR count). The third-order valence-electron chi connectivity index (χ3n) is 4.95. The first-order valence-corrected chi connectivity index (χ1v) is 10.1. The van der Waals surface area contributed by atoms with Crippen molar-refractivity contribution in [1.82, 2.24) is 9.80 Å². The molecule has 0 unspecified atom stereocenters. The third kappa shape index (κ3) is 5.28. The van der Waals surface area contributed by atoms with Gasteiger partial charge in [0.2, 0.25) is 11.8 Å². The van der Waals surface area contributed by atoms with Crippen LogP contribution >= 0.6 is 11.3 Å². The number of ether oxygens (including phenoxy) is 1. The SMILES string of the molecule is CCC(CC)N(CCOC)C(=O)CCC(=O)N1CCc2sccc2C1. The molecule has 1 aromatic rings. The van der Waals surface area contributed by atoms with Crippen LogP contribution in [0.25, 0.3) is 0 Å². The van der Waals surface area contributed by atoms with Gasteiger partial charge in [0.15, 0.2) is 0 Å². The van der Waals surface area contributed by atoms with Crippen molar-refractivity contribution in [1.29, 1.82) is 0 Å². The fraction of sp³-hybridized carbons (Fsp3) is 0.684. The average molecular weight is 367 g/mol. The molecule has 0 atom stereocenters. The number of thiophene rings is 1. The molecule has 0 saturated heterocycles. The normalized spacial score (nSPS) is 13.8. The summed E-state index contributed by atoms with van der Waals surface area (Å²) in [6, 6.07) is 2.32. The second-order valence-electron chi connectivity index (χ2n) is 6.48. The molecule has 1 aliphatic heterocycles. The van der Waals surface area contributed by atoms with Crippen molar-refractivity contribution >= 4 is 23.2 Å². The van der Waals surface area contributed by atoms with Gasteiger partial charge in [-0.05, 0) is 36.3 Å². The number of methoxy groups -OCH3 is 1. The summed E-state index contributed by atoms with van der Waals surface area (Å²) in [5.41, 5.74) is 1.26. The van der Waals surface area contributed by atoms with Gasteiger partial charge in [-0.15, -0.1) is 11.3 Å². The van der Waals surface area contributed by atoms with Crippen LogP contribution < -0.4 is 0 Å². The van der Waals surface area contributed by atoms with Crippen LogP contribution in [-0.4, -0.2) is 54.5 Å². The molecular weight excluding hydrogens is 336 g/mol. The Bertz CT molecular complexity index is 569. The summed E-state index contributed by atoms with van der Waals surface area (Å²) in [4.78, 5) is 30.3. The van der Waals surface area contributed by atoms with E-state index in [1.165, 1.54) is 10.4 Å². The Morgan fingerprint density at radius 2 is 2.08 bits per heavy atom. The number of rotatable bonds is 9. The van der Waals surface area contributed by atoms with Gasteiger partial charge in [-0.2, -0.15) is 0 Å². The van der Waals surface area contributed by atoms with E-state index in [0.717, 1.165) is 25.8 Å². The average Bonchev–Trinajstić information content (AvgIpc) is 3.10. The predicted molar refractivity (Wildman–Crippen MR) is 101 cm³/mol. The highest BCUT2D eigenvalue weighted by Crippen LogP contribution is 2.24. The lowest BCUT2D eigenvalue weighted by molar-refractivity contribution is -0.139. The van der Waals surface area contributed by atoms with Crippen LogP contribution in [0.2, 0.25) is 0 Å². The molecule has 0 saturated carbocycles. The molecule has 0 spiro atoms. The summed E-state index contributed by atoms with van der Waals surface area (Å²) in [6.07, 6.45) is 3.36. The topological polar surface area (TPSA) is 49.9 Å². The molecule has 0 aromatic carbocycles. The smallest absolute Gasteiger partial charge is 0.223 e. The Hall–Kier alpha value is -1.40. The minimum Gasteiger partial charge on any atom is -0.383 e. The number of carbonyl (C=O) groups excluding carboxylic acids is 2. The van der Waals surface area contributed by atoms with Gasteiger partial charge in [0, 0.05) is 50.5 Å². The van der Waals surface area contributed by atoms with Gasteiger partial charge < -0.3 is 14.5 Å². The summed E-state index contributed by atoms with van der Waals surface area (Å²) < 4.78 is 5.14. The molecular formula is C19H30N2O3S. The maximum Gasteiger partial charge on any atom is 0.223 e. The van der Waals surface area contributed by atoms with Crippen molar-refractivity contribution in [2.24, 2.45) is 0 Å². The van der Waals surface area contributed by atoms with Crippen LogP contribution in [0.15, 0.2) is 11.4 Å². The first-order chi connectivity index (χ1) is 12.1. The van der Waals surface area contributed by atoms with E-state index in [0.29, 0.717) is 26.1 Å². The Balaban J connectivity index is 1.87. The van der Waals surface area contributed by atoms with E-state index in [-0.39, 0.29) is 24.3 Å². The second kappa shape index (κ2) is 9.92. The fourth-order valence-corrected chi connectivity index (χ4v) is 4.30. The number of hydrogen-bond acceptors (Lipinski definition) is 4. The van der Waals surface area contributed by atoms with Gasteiger partial charge in [0.25, 0.3) is 0 Å². The van der Waals surface area contributed by atoms with Gasteiger partial charge in [-0.1, -0.05) is 13.8 Å². The molecule has 25 heavy (non-hydrogen) atoms. The quantitative estimate of drug-likeness (QED) is 0.675. The largest absolute Gasteiger partial charge is 0.383 e. The molecule has 0 bridgehead atoms. The minimum atomic E-state index is 0.0623. The summed E-state index contributed by atoms with van der Waals surface area (Å²) in [7, 11) is 1.65. The Morgan fingerprint density at radius 1 is 1.32 bits per heavy atom. The standard InChI is InChI=1S/C19H30N2O3S/c1-4-16(5-2)21(11-12-24-3)19(23)7-6-18(22)20-10-8-17-15(14-20)9-13-25-17/h9,13,16H,4-8,10-12,14H2,1-3H3. The lowest BCUT2D eigenvalue weighted by atomic mass is 10.1. The van der Waals surface area contributed by atoms with Crippen molar-refractivity contribution in [2.75, 3.05) is 26.8 Å². The maximum absolute atomic E-state index is 12.7. The highest BCUT2D eigenvalue weighted by molar-refractivity contribution is 7.10. The van der Waals surface area contributed by atoms with Crippen LogP contribution in [0.5, 0.6) is 0 Å². The van der Waals surface area contributed by atoms with Gasteiger partial charge >= 0.3 is 0 Å². The first kappa shape index (κ1) is 19.9. The van der Waals surface area contributed by atoms with Crippen molar-refractivity contribution < 1.29 is 14.3 Å². The van der Waals surface area contributed by atoms with Crippen molar-refractivity contribution in [2.45, 2.75) is 58.5 Å². The van der Waals surface area contributed by atoms with Crippen molar-refractivity contribution in [3.8, 4) is 0 Å². The van der Waals surface area contributed by atoms with Crippen LogP contribution in [-0.2, 0) is 27.3 Å². The summed E-state index contributed by atoms with van der Waals surface area (Å²) >= 11 is 1.77. The van der Waals surface area contributed by atoms with Crippen LogP contribution in [0.4, 0.5) is 0 Å². The molecule has 0 radical (unpaired) electrons. The molecule has 5 nitrogen and oxygen atoms in total. The highest BCUT2D eigenvalue weighted by Gasteiger charge is 2.24. The summed E-state index contributed by atoms with van der Waals surface area (Å²) in [5.74, 6) is 0.147. The van der Waals surface area contributed by atoms with Gasteiger partial charge in [-0.25, -0.2) is 0 Å². The van der Waals surface area contributed by atoms with Crippen molar-refractivity contribution in [3.63, 3.8) is 0 Å². The number of amides is 2. The third-order valence-corrected chi connectivity index (χ3v) is 5.98. The maximum atomic E-state index is 12.7. The molecule has 0 aliphatic carbocycles. The molecule has 1 aromatic heterocycles. The van der Waals surface area contributed by atoms with Gasteiger partial charge in [0.1, 0.15) is 0 Å². The molecule has 0 fully saturated rings. The summed E-state index contributed by atoms with van der Waals surface area (Å²) in [5, 5.41) is 2.09. The number of fused-ring (bicyclic) bond motifs is 1. The predicted octanol–water partition coefficient (Wildman–Crippen LogP) is 3.08. The van der Waals surface area contributed by atoms with Crippen molar-refractivity contribution in [3.05, 3.63) is 21.9 Å². The zero-order valence-corrected chi connectivity index (χ0v) is 16.4. The molecule has 6 heteroatoms. The minimum absolute atomic E-state index is 0.0623. The highest BCUT2D eigenvalue weighted by atomic mass is 32.1. The van der Waals surface area contributed by atoms with Crippen LogP contribution in [0.3, 0.4) is 0 Å². The van der Waals surface area contributed by atoms with Gasteiger partial charge in [0.05, 0.1) is 6.61 Å². The number of hydrogen-bond donors (Lipinski definition) is 0. The molecule has 2 amide bonds. The van der Waals surface area contributed by atoms with Crippen LogP contribution in [0, 0.1) is 0 Å². The summed E-state index contributed by atoms with van der Waals surface area (Å²) in [6.45, 7) is 6.77.